The van der Waals surface area contributed by atoms with Gasteiger partial charge in [0.15, 0.2) is 11.5 Å². The summed E-state index contributed by atoms with van der Waals surface area (Å²) >= 11 is 0. The van der Waals surface area contributed by atoms with E-state index >= 15 is 0 Å². The maximum Gasteiger partial charge on any atom is 0.412 e. The van der Waals surface area contributed by atoms with Gasteiger partial charge in [-0.25, -0.2) is 14.3 Å². The molecule has 6 nitrogen and oxygen atoms in total. The molecule has 29 heavy (non-hydrogen) atoms. The molecule has 3 aromatic rings. The third-order valence-electron chi connectivity index (χ3n) is 4.77. The average Bonchev–Trinajstić information content (AvgIpc) is 3.41. The molecule has 0 spiro atoms. The van der Waals surface area contributed by atoms with Crippen molar-refractivity contribution in [2.45, 2.75) is 45.6 Å². The number of nitrogens with zero attached hydrogens (tertiary/aromatic N) is 3. The molecule has 0 radical (unpaired) electrons. The minimum absolute atomic E-state index is 0.468. The van der Waals surface area contributed by atoms with Crippen LogP contribution in [-0.4, -0.2) is 26.3 Å². The topological polar surface area (TPSA) is 68.5 Å². The Morgan fingerprint density at radius 2 is 1.93 bits per heavy atom. The molecule has 4 rings (SSSR count). The summed E-state index contributed by atoms with van der Waals surface area (Å²) in [6.45, 7) is 9.69. The molecule has 0 saturated heterocycles. The van der Waals surface area contributed by atoms with Gasteiger partial charge in [-0.3, -0.25) is 5.32 Å². The summed E-state index contributed by atoms with van der Waals surface area (Å²) in [7, 11) is 0. The van der Waals surface area contributed by atoms with Gasteiger partial charge in [0.05, 0.1) is 5.69 Å². The highest BCUT2D eigenvalue weighted by atomic mass is 16.6. The fourth-order valence-corrected chi connectivity index (χ4v) is 3.23. The van der Waals surface area contributed by atoms with Gasteiger partial charge in [0.25, 0.3) is 0 Å². The molecule has 0 bridgehead atoms. The zero-order valence-electron chi connectivity index (χ0n) is 17.1. The quantitative estimate of drug-likeness (QED) is 0.604. The first-order chi connectivity index (χ1) is 13.8. The number of hydrogen-bond donors (Lipinski definition) is 1. The number of benzene rings is 1. The van der Waals surface area contributed by atoms with Crippen molar-refractivity contribution < 1.29 is 9.53 Å². The number of rotatable bonds is 5. The van der Waals surface area contributed by atoms with Gasteiger partial charge in [0.1, 0.15) is 5.60 Å². The first-order valence-corrected chi connectivity index (χ1v) is 9.91. The number of hydrogen-bond acceptors (Lipinski definition) is 4. The summed E-state index contributed by atoms with van der Waals surface area (Å²) in [6.07, 6.45) is 2.73. The van der Waals surface area contributed by atoms with Crippen LogP contribution >= 0.6 is 0 Å². The highest BCUT2D eigenvalue weighted by Crippen LogP contribution is 2.36. The van der Waals surface area contributed by atoms with E-state index in [0.29, 0.717) is 11.6 Å². The number of amides is 1. The summed E-state index contributed by atoms with van der Waals surface area (Å²) in [5.41, 5.74) is 4.12. The van der Waals surface area contributed by atoms with Crippen LogP contribution in [0, 0.1) is 5.92 Å². The molecule has 2 heterocycles. The molecule has 1 saturated carbocycles. The fraction of sp³-hybridized carbons (Fsp3) is 0.348. The zero-order valence-corrected chi connectivity index (χ0v) is 17.1. The zero-order chi connectivity index (χ0) is 20.6. The standard InChI is InChI=1S/C23H26N4O2/c1-15(16-8-9-16)14-20-25-21-7-5-6-19(27(21)26-20)17-10-12-18(13-11-17)24-22(28)29-23(2,3)4/h5-7,10-13,16H,1,8-9,14H2,2-4H3,(H,24,28). The molecule has 0 aliphatic heterocycles. The van der Waals surface area contributed by atoms with Crippen LogP contribution in [0.25, 0.3) is 16.9 Å². The number of nitrogens with one attached hydrogen (secondary N) is 1. The first kappa shape index (κ1) is 19.2. The average molecular weight is 390 g/mol. The second kappa shape index (κ2) is 7.35. The third kappa shape index (κ3) is 4.65. The van der Waals surface area contributed by atoms with Crippen molar-refractivity contribution in [3.05, 3.63) is 60.4 Å². The van der Waals surface area contributed by atoms with Gasteiger partial charge in [-0.1, -0.05) is 30.4 Å². The van der Waals surface area contributed by atoms with E-state index in [4.69, 9.17) is 9.84 Å². The Kier molecular flexibility index (Phi) is 4.86. The van der Waals surface area contributed by atoms with Crippen molar-refractivity contribution in [2.75, 3.05) is 5.32 Å². The third-order valence-corrected chi connectivity index (χ3v) is 4.77. The van der Waals surface area contributed by atoms with E-state index in [1.807, 2.05) is 67.8 Å². The van der Waals surface area contributed by atoms with Crippen molar-refractivity contribution >= 4 is 17.4 Å². The molecule has 1 fully saturated rings. The van der Waals surface area contributed by atoms with Crippen LogP contribution in [0.15, 0.2) is 54.6 Å². The molecule has 2 aromatic heterocycles. The highest BCUT2D eigenvalue weighted by molar-refractivity contribution is 5.85. The van der Waals surface area contributed by atoms with E-state index in [2.05, 4.69) is 16.9 Å². The molecular formula is C23H26N4O2. The van der Waals surface area contributed by atoms with Crippen LogP contribution in [0.3, 0.4) is 0 Å². The molecule has 0 unspecified atom stereocenters. The minimum atomic E-state index is -0.532. The van der Waals surface area contributed by atoms with Crippen LogP contribution in [0.4, 0.5) is 10.5 Å². The van der Waals surface area contributed by atoms with Crippen LogP contribution < -0.4 is 5.32 Å². The Hall–Kier alpha value is -3.15. The smallest absolute Gasteiger partial charge is 0.412 e. The van der Waals surface area contributed by atoms with Crippen molar-refractivity contribution in [1.29, 1.82) is 0 Å². The summed E-state index contributed by atoms with van der Waals surface area (Å²) in [4.78, 5) is 16.6. The molecule has 1 aliphatic carbocycles. The van der Waals surface area contributed by atoms with Gasteiger partial charge in [0.2, 0.25) is 0 Å². The lowest BCUT2D eigenvalue weighted by Crippen LogP contribution is -2.27. The Labute approximate surface area is 170 Å². The lowest BCUT2D eigenvalue weighted by Gasteiger charge is -2.19. The van der Waals surface area contributed by atoms with E-state index in [9.17, 15) is 4.79 Å². The lowest BCUT2D eigenvalue weighted by atomic mass is 10.1. The van der Waals surface area contributed by atoms with Crippen LogP contribution in [-0.2, 0) is 11.2 Å². The van der Waals surface area contributed by atoms with Gasteiger partial charge < -0.3 is 4.74 Å². The van der Waals surface area contributed by atoms with Gasteiger partial charge in [-0.05, 0) is 63.8 Å². The Morgan fingerprint density at radius 3 is 2.59 bits per heavy atom. The summed E-state index contributed by atoms with van der Waals surface area (Å²) in [5, 5.41) is 7.46. The maximum absolute atomic E-state index is 11.9. The SMILES string of the molecule is C=C(Cc1nc2cccc(-c3ccc(NC(=O)OC(C)(C)C)cc3)n2n1)C1CC1. The fourth-order valence-electron chi connectivity index (χ4n) is 3.23. The largest absolute Gasteiger partial charge is 0.444 e. The Bertz CT molecular complexity index is 1060. The number of pyridine rings is 1. The number of allylic oxidation sites excluding steroid dienone is 1. The maximum atomic E-state index is 11.9. The van der Waals surface area contributed by atoms with Crippen LogP contribution in [0.5, 0.6) is 0 Å². The number of ether oxygens (including phenoxy) is 1. The molecule has 1 aliphatic rings. The molecule has 1 N–H and O–H groups in total. The predicted molar refractivity (Wildman–Crippen MR) is 114 cm³/mol. The monoisotopic (exact) mass is 390 g/mol. The van der Waals surface area contributed by atoms with Crippen molar-refractivity contribution in [2.24, 2.45) is 5.92 Å². The summed E-state index contributed by atoms with van der Waals surface area (Å²) in [6, 6.07) is 13.6. The van der Waals surface area contributed by atoms with E-state index < -0.39 is 11.7 Å². The highest BCUT2D eigenvalue weighted by Gasteiger charge is 2.25. The number of carbonyl (C=O) groups is 1. The Morgan fingerprint density at radius 1 is 1.21 bits per heavy atom. The van der Waals surface area contributed by atoms with Gasteiger partial charge in [-0.2, -0.15) is 5.10 Å². The molecule has 0 atom stereocenters. The van der Waals surface area contributed by atoms with E-state index in [-0.39, 0.29) is 0 Å². The Balaban J connectivity index is 1.53. The first-order valence-electron chi connectivity index (χ1n) is 9.91. The second-order valence-corrected chi connectivity index (χ2v) is 8.52. The molecule has 150 valence electrons. The lowest BCUT2D eigenvalue weighted by molar-refractivity contribution is 0.0636. The summed E-state index contributed by atoms with van der Waals surface area (Å²) < 4.78 is 7.16. The molecule has 1 amide bonds. The van der Waals surface area contributed by atoms with Gasteiger partial charge >= 0.3 is 6.09 Å². The molecule has 1 aromatic carbocycles. The second-order valence-electron chi connectivity index (χ2n) is 8.52. The van der Waals surface area contributed by atoms with E-state index in [1.165, 1.54) is 18.4 Å². The van der Waals surface area contributed by atoms with Crippen molar-refractivity contribution in [1.82, 2.24) is 14.6 Å². The van der Waals surface area contributed by atoms with Crippen LogP contribution in [0.2, 0.25) is 0 Å². The molecular weight excluding hydrogens is 364 g/mol. The number of carbonyl (C=O) groups excluding carboxylic acids is 1. The number of fused-ring (bicyclic) bond motifs is 1. The number of aromatic nitrogens is 3. The van der Waals surface area contributed by atoms with Gasteiger partial charge in [-0.15, -0.1) is 0 Å². The predicted octanol–water partition coefficient (Wildman–Crippen LogP) is 5.25. The summed E-state index contributed by atoms with van der Waals surface area (Å²) in [5.74, 6) is 1.45. The molecule has 6 heteroatoms. The van der Waals surface area contributed by atoms with Crippen molar-refractivity contribution in [3.8, 4) is 11.3 Å². The normalized spacial score (nSPS) is 14.0. The van der Waals surface area contributed by atoms with E-state index in [0.717, 1.165) is 29.1 Å². The number of anilines is 1. The van der Waals surface area contributed by atoms with E-state index in [1.54, 1.807) is 0 Å². The van der Waals surface area contributed by atoms with Gasteiger partial charge in [0, 0.05) is 17.7 Å². The van der Waals surface area contributed by atoms with Crippen LogP contribution in [0.1, 0.15) is 39.4 Å². The van der Waals surface area contributed by atoms with Crippen molar-refractivity contribution in [3.63, 3.8) is 0 Å². The minimum Gasteiger partial charge on any atom is -0.444 e.